The predicted octanol–water partition coefficient (Wildman–Crippen LogP) is 2.32. The molecule has 1 aliphatic rings. The molecule has 0 unspecified atom stereocenters. The molecule has 2 N–H and O–H groups in total. The van der Waals surface area contributed by atoms with Crippen molar-refractivity contribution in [2.75, 3.05) is 25.0 Å². The van der Waals surface area contributed by atoms with Crippen LogP contribution in [0, 0.1) is 13.8 Å². The highest BCUT2D eigenvalue weighted by molar-refractivity contribution is 5.93. The zero-order valence-corrected chi connectivity index (χ0v) is 14.0. The highest BCUT2D eigenvalue weighted by Gasteiger charge is 2.37. The molecular weight excluding hydrogens is 309 g/mol. The van der Waals surface area contributed by atoms with Crippen molar-refractivity contribution in [1.82, 2.24) is 20.1 Å². The van der Waals surface area contributed by atoms with Crippen LogP contribution < -0.4 is 5.32 Å². The molecule has 0 atom stereocenters. The summed E-state index contributed by atoms with van der Waals surface area (Å²) in [5.41, 5.74) is 1.41. The molecule has 1 saturated heterocycles. The monoisotopic (exact) mass is 331 g/mol. The number of aromatic nitrogens is 3. The Labute approximate surface area is 140 Å². The largest absolute Gasteiger partial charge is 0.322 e. The first-order valence-electron chi connectivity index (χ1n) is 8.12. The molecule has 2 aromatic rings. The third-order valence-electron chi connectivity index (χ3n) is 4.53. The summed E-state index contributed by atoms with van der Waals surface area (Å²) in [6.07, 6.45) is 2.31. The summed E-state index contributed by atoms with van der Waals surface area (Å²) in [4.78, 5) is 18.3. The fourth-order valence-corrected chi connectivity index (χ4v) is 3.07. The highest BCUT2D eigenvalue weighted by atomic mass is 19.1. The summed E-state index contributed by atoms with van der Waals surface area (Å²) in [5, 5.41) is 9.78. The number of pyridine rings is 1. The summed E-state index contributed by atoms with van der Waals surface area (Å²) in [5.74, 6) is -0.105. The van der Waals surface area contributed by atoms with Gasteiger partial charge in [0.2, 0.25) is 5.91 Å². The Kier molecular flexibility index (Phi) is 4.62. The molecule has 24 heavy (non-hydrogen) atoms. The lowest BCUT2D eigenvalue weighted by atomic mass is 9.89. The number of nitrogens with one attached hydrogen (secondary N) is 2. The maximum atomic E-state index is 15.0. The van der Waals surface area contributed by atoms with E-state index in [1.807, 2.05) is 18.7 Å². The van der Waals surface area contributed by atoms with E-state index in [2.05, 4.69) is 20.5 Å². The van der Waals surface area contributed by atoms with Crippen LogP contribution in [0.15, 0.2) is 24.4 Å². The molecule has 2 aromatic heterocycles. The molecular formula is C17H22FN5O. The van der Waals surface area contributed by atoms with Crippen LogP contribution in [0.5, 0.6) is 0 Å². The van der Waals surface area contributed by atoms with Crippen LogP contribution in [0.3, 0.4) is 0 Å². The molecule has 0 bridgehead atoms. The summed E-state index contributed by atoms with van der Waals surface area (Å²) in [6.45, 7) is 5.02. The van der Waals surface area contributed by atoms with E-state index >= 15 is 4.39 Å². The number of halogens is 1. The molecule has 0 spiro atoms. The topological polar surface area (TPSA) is 73.9 Å². The molecule has 0 saturated carbocycles. The first-order chi connectivity index (χ1) is 11.5. The predicted molar refractivity (Wildman–Crippen MR) is 89.4 cm³/mol. The van der Waals surface area contributed by atoms with Gasteiger partial charge in [-0.15, -0.1) is 0 Å². The van der Waals surface area contributed by atoms with E-state index in [4.69, 9.17) is 0 Å². The van der Waals surface area contributed by atoms with E-state index in [1.165, 1.54) is 0 Å². The Balaban J connectivity index is 1.55. The van der Waals surface area contributed by atoms with Gasteiger partial charge in [-0.1, -0.05) is 6.07 Å². The van der Waals surface area contributed by atoms with Crippen molar-refractivity contribution in [2.45, 2.75) is 32.4 Å². The van der Waals surface area contributed by atoms with Gasteiger partial charge in [0.1, 0.15) is 0 Å². The molecule has 128 valence electrons. The number of likely N-dealkylation sites (tertiary alicyclic amines) is 1. The van der Waals surface area contributed by atoms with E-state index in [1.54, 1.807) is 24.4 Å². The van der Waals surface area contributed by atoms with Crippen molar-refractivity contribution in [1.29, 1.82) is 0 Å². The van der Waals surface area contributed by atoms with Crippen LogP contribution in [-0.2, 0) is 10.5 Å². The van der Waals surface area contributed by atoms with Gasteiger partial charge in [0.05, 0.1) is 29.3 Å². The standard InChI is InChI=1S/C17H22FN5O/c1-12-16(13(2)22-21-12)20-15(24)11-23-9-6-17(18,7-10-23)14-5-3-4-8-19-14/h3-5,8H,6-7,9-11H2,1-2H3,(H,20,24)(H,21,22). The van der Waals surface area contributed by atoms with Crippen molar-refractivity contribution in [2.24, 2.45) is 0 Å². The number of alkyl halides is 1. The zero-order chi connectivity index (χ0) is 17.2. The Morgan fingerprint density at radius 3 is 2.71 bits per heavy atom. The van der Waals surface area contributed by atoms with Crippen LogP contribution in [0.4, 0.5) is 10.1 Å². The molecule has 3 rings (SSSR count). The smallest absolute Gasteiger partial charge is 0.238 e. The Hall–Kier alpha value is -2.28. The zero-order valence-electron chi connectivity index (χ0n) is 14.0. The van der Waals surface area contributed by atoms with E-state index < -0.39 is 5.67 Å². The Morgan fingerprint density at radius 2 is 2.12 bits per heavy atom. The Bertz CT molecular complexity index is 688. The number of hydrogen-bond acceptors (Lipinski definition) is 4. The van der Waals surface area contributed by atoms with Gasteiger partial charge in [-0.05, 0) is 38.8 Å². The maximum Gasteiger partial charge on any atom is 0.238 e. The fourth-order valence-electron chi connectivity index (χ4n) is 3.07. The van der Waals surface area contributed by atoms with E-state index in [0.29, 0.717) is 31.6 Å². The number of anilines is 1. The van der Waals surface area contributed by atoms with Gasteiger partial charge in [-0.25, -0.2) is 4.39 Å². The SMILES string of the molecule is Cc1n[nH]c(C)c1NC(=O)CN1CCC(F)(c2ccccn2)CC1. The number of rotatable bonds is 4. The van der Waals surface area contributed by atoms with Crippen molar-refractivity contribution >= 4 is 11.6 Å². The number of piperidine rings is 1. The molecule has 1 amide bonds. The van der Waals surface area contributed by atoms with Gasteiger partial charge in [-0.2, -0.15) is 5.10 Å². The third-order valence-corrected chi connectivity index (χ3v) is 4.53. The van der Waals surface area contributed by atoms with Crippen molar-refractivity contribution in [3.05, 3.63) is 41.5 Å². The molecule has 1 fully saturated rings. The average molecular weight is 331 g/mol. The molecule has 0 aromatic carbocycles. The minimum absolute atomic E-state index is 0.105. The van der Waals surface area contributed by atoms with Crippen LogP contribution in [-0.4, -0.2) is 45.6 Å². The third kappa shape index (κ3) is 3.46. The number of nitrogens with zero attached hydrogens (tertiary/aromatic N) is 3. The summed E-state index contributed by atoms with van der Waals surface area (Å²) >= 11 is 0. The number of carbonyl (C=O) groups is 1. The second-order valence-electron chi connectivity index (χ2n) is 6.31. The second kappa shape index (κ2) is 6.68. The number of H-pyrrole nitrogens is 1. The minimum atomic E-state index is -1.40. The summed E-state index contributed by atoms with van der Waals surface area (Å²) in [6, 6.07) is 5.32. The van der Waals surface area contributed by atoms with Crippen molar-refractivity contribution in [3.63, 3.8) is 0 Å². The van der Waals surface area contributed by atoms with Gasteiger partial charge >= 0.3 is 0 Å². The lowest BCUT2D eigenvalue weighted by Gasteiger charge is -2.35. The maximum absolute atomic E-state index is 15.0. The highest BCUT2D eigenvalue weighted by Crippen LogP contribution is 2.35. The number of aryl methyl sites for hydroxylation is 2. The van der Waals surface area contributed by atoms with Crippen molar-refractivity contribution < 1.29 is 9.18 Å². The lowest BCUT2D eigenvalue weighted by molar-refractivity contribution is -0.118. The molecule has 1 aliphatic heterocycles. The second-order valence-corrected chi connectivity index (χ2v) is 6.31. The van der Waals surface area contributed by atoms with Crippen LogP contribution in [0.25, 0.3) is 0 Å². The van der Waals surface area contributed by atoms with E-state index in [9.17, 15) is 4.79 Å². The molecule has 6 nitrogen and oxygen atoms in total. The first-order valence-corrected chi connectivity index (χ1v) is 8.12. The van der Waals surface area contributed by atoms with Crippen LogP contribution in [0.2, 0.25) is 0 Å². The lowest BCUT2D eigenvalue weighted by Crippen LogP contribution is -2.43. The van der Waals surface area contributed by atoms with Gasteiger partial charge in [0.15, 0.2) is 5.67 Å². The van der Waals surface area contributed by atoms with Crippen molar-refractivity contribution in [3.8, 4) is 0 Å². The van der Waals surface area contributed by atoms with Gasteiger partial charge in [0, 0.05) is 19.3 Å². The number of hydrogen-bond donors (Lipinski definition) is 2. The summed E-state index contributed by atoms with van der Waals surface area (Å²) in [7, 11) is 0. The van der Waals surface area contributed by atoms with Gasteiger partial charge < -0.3 is 5.32 Å². The van der Waals surface area contributed by atoms with Crippen LogP contribution >= 0.6 is 0 Å². The molecule has 0 aliphatic carbocycles. The van der Waals surface area contributed by atoms with Gasteiger partial charge in [0.25, 0.3) is 0 Å². The molecule has 7 heteroatoms. The van der Waals surface area contributed by atoms with E-state index in [-0.39, 0.29) is 12.5 Å². The fraction of sp³-hybridized carbons (Fsp3) is 0.471. The quantitative estimate of drug-likeness (QED) is 0.902. The first kappa shape index (κ1) is 16.6. The molecule has 0 radical (unpaired) electrons. The van der Waals surface area contributed by atoms with Gasteiger partial charge in [-0.3, -0.25) is 19.8 Å². The average Bonchev–Trinajstić information content (AvgIpc) is 2.90. The minimum Gasteiger partial charge on any atom is -0.322 e. The number of amides is 1. The Morgan fingerprint density at radius 1 is 1.38 bits per heavy atom. The van der Waals surface area contributed by atoms with Crippen LogP contribution in [0.1, 0.15) is 29.9 Å². The number of aromatic amines is 1. The number of carbonyl (C=O) groups excluding carboxylic acids is 1. The normalized spacial score (nSPS) is 17.6. The molecule has 3 heterocycles. The van der Waals surface area contributed by atoms with E-state index in [0.717, 1.165) is 17.1 Å². The summed E-state index contributed by atoms with van der Waals surface area (Å²) < 4.78 is 15.0.